The molecular formula is C18H17ClF3N3O2. The molecule has 0 aromatic heterocycles. The first-order valence-corrected chi connectivity index (χ1v) is 8.14. The van der Waals surface area contributed by atoms with Crippen molar-refractivity contribution in [3.63, 3.8) is 0 Å². The summed E-state index contributed by atoms with van der Waals surface area (Å²) in [6.45, 7) is -0.448. The highest BCUT2D eigenvalue weighted by Gasteiger charge is 2.33. The van der Waals surface area contributed by atoms with Crippen LogP contribution in [0.2, 0.25) is 5.02 Å². The van der Waals surface area contributed by atoms with Gasteiger partial charge in [0.1, 0.15) is 0 Å². The van der Waals surface area contributed by atoms with E-state index in [2.05, 4.69) is 10.5 Å². The number of rotatable bonds is 6. The van der Waals surface area contributed by atoms with Gasteiger partial charge < -0.3 is 15.1 Å². The van der Waals surface area contributed by atoms with E-state index in [0.29, 0.717) is 0 Å². The molecule has 27 heavy (non-hydrogen) atoms. The molecule has 1 amide bonds. The molecule has 0 radical (unpaired) electrons. The Hall–Kier alpha value is -2.74. The van der Waals surface area contributed by atoms with Crippen molar-refractivity contribution < 1.29 is 22.8 Å². The van der Waals surface area contributed by atoms with Crippen LogP contribution < -0.4 is 10.2 Å². The van der Waals surface area contributed by atoms with Crippen molar-refractivity contribution in [1.29, 1.82) is 0 Å². The van der Waals surface area contributed by atoms with Gasteiger partial charge in [-0.3, -0.25) is 4.79 Å². The van der Waals surface area contributed by atoms with Crippen LogP contribution in [0.4, 0.5) is 24.5 Å². The second-order valence-electron chi connectivity index (χ2n) is 5.73. The highest BCUT2D eigenvalue weighted by Crippen LogP contribution is 2.36. The Bertz CT molecular complexity index is 822. The number of carbonyl (C=O) groups is 1. The summed E-state index contributed by atoms with van der Waals surface area (Å²) in [6, 6.07) is 10.5. The molecule has 0 unspecified atom stereocenters. The average molecular weight is 400 g/mol. The van der Waals surface area contributed by atoms with Gasteiger partial charge in [0, 0.05) is 25.5 Å². The second-order valence-corrected chi connectivity index (χ2v) is 6.14. The summed E-state index contributed by atoms with van der Waals surface area (Å²) in [5, 5.41) is 5.52. The Morgan fingerprint density at radius 3 is 2.48 bits per heavy atom. The molecular weight excluding hydrogens is 383 g/mol. The summed E-state index contributed by atoms with van der Waals surface area (Å²) >= 11 is 5.53. The SMILES string of the molecule is CN(C)c1ccc(/C=N/OCC(=O)Nc2ccc(Cl)c(C(F)(F)F)c2)cc1. The molecule has 0 saturated carbocycles. The van der Waals surface area contributed by atoms with Crippen molar-refractivity contribution in [2.24, 2.45) is 5.16 Å². The van der Waals surface area contributed by atoms with Crippen molar-refractivity contribution in [2.45, 2.75) is 6.18 Å². The molecule has 0 saturated heterocycles. The van der Waals surface area contributed by atoms with Crippen LogP contribution in [-0.2, 0) is 15.8 Å². The van der Waals surface area contributed by atoms with Crippen molar-refractivity contribution in [3.8, 4) is 0 Å². The number of benzene rings is 2. The lowest BCUT2D eigenvalue weighted by atomic mass is 10.2. The molecule has 2 rings (SSSR count). The van der Waals surface area contributed by atoms with E-state index < -0.39 is 29.3 Å². The van der Waals surface area contributed by atoms with Gasteiger partial charge in [-0.05, 0) is 35.9 Å². The van der Waals surface area contributed by atoms with Gasteiger partial charge in [-0.15, -0.1) is 0 Å². The van der Waals surface area contributed by atoms with Gasteiger partial charge >= 0.3 is 6.18 Å². The molecule has 0 spiro atoms. The zero-order valence-corrected chi connectivity index (χ0v) is 15.3. The average Bonchev–Trinajstić information content (AvgIpc) is 2.60. The molecule has 144 valence electrons. The van der Waals surface area contributed by atoms with Gasteiger partial charge in [0.05, 0.1) is 16.8 Å². The Kier molecular flexibility index (Phi) is 6.68. The molecule has 1 N–H and O–H groups in total. The fourth-order valence-corrected chi connectivity index (χ4v) is 2.29. The number of carbonyl (C=O) groups excluding carboxylic acids is 1. The highest BCUT2D eigenvalue weighted by atomic mass is 35.5. The molecule has 2 aromatic rings. The maximum absolute atomic E-state index is 12.8. The molecule has 5 nitrogen and oxygen atoms in total. The van der Waals surface area contributed by atoms with Crippen LogP contribution >= 0.6 is 11.6 Å². The predicted molar refractivity (Wildman–Crippen MR) is 99.4 cm³/mol. The van der Waals surface area contributed by atoms with Gasteiger partial charge in [-0.2, -0.15) is 13.2 Å². The molecule has 2 aromatic carbocycles. The summed E-state index contributed by atoms with van der Waals surface area (Å²) in [7, 11) is 3.84. The van der Waals surface area contributed by atoms with Gasteiger partial charge in [-0.25, -0.2) is 0 Å². The quantitative estimate of drug-likeness (QED) is 0.578. The minimum atomic E-state index is -4.61. The number of alkyl halides is 3. The van der Waals surface area contributed by atoms with Crippen LogP contribution in [0, 0.1) is 0 Å². The van der Waals surface area contributed by atoms with E-state index in [1.807, 2.05) is 43.3 Å². The minimum Gasteiger partial charge on any atom is -0.386 e. The van der Waals surface area contributed by atoms with Crippen LogP contribution in [0.25, 0.3) is 0 Å². The number of oxime groups is 1. The number of hydrogen-bond donors (Lipinski definition) is 1. The summed E-state index contributed by atoms with van der Waals surface area (Å²) in [5.74, 6) is -0.648. The normalized spacial score (nSPS) is 11.5. The molecule has 0 heterocycles. The zero-order valence-electron chi connectivity index (χ0n) is 14.5. The maximum Gasteiger partial charge on any atom is 0.417 e. The van der Waals surface area contributed by atoms with E-state index in [9.17, 15) is 18.0 Å². The molecule has 0 aliphatic heterocycles. The lowest BCUT2D eigenvalue weighted by Gasteiger charge is -2.11. The van der Waals surface area contributed by atoms with Crippen LogP contribution in [-0.4, -0.2) is 32.8 Å². The first-order chi connectivity index (χ1) is 12.7. The van der Waals surface area contributed by atoms with Gasteiger partial charge in [-0.1, -0.05) is 28.9 Å². The third kappa shape index (κ3) is 6.18. The van der Waals surface area contributed by atoms with E-state index in [1.165, 1.54) is 12.3 Å². The maximum atomic E-state index is 12.8. The van der Waals surface area contributed by atoms with Crippen molar-refractivity contribution in [3.05, 3.63) is 58.6 Å². The largest absolute Gasteiger partial charge is 0.417 e. The first-order valence-electron chi connectivity index (χ1n) is 7.76. The Balaban J connectivity index is 1.87. The van der Waals surface area contributed by atoms with Crippen LogP contribution in [0.1, 0.15) is 11.1 Å². The second kappa shape index (κ2) is 8.77. The summed E-state index contributed by atoms with van der Waals surface area (Å²) < 4.78 is 38.4. The van der Waals surface area contributed by atoms with Crippen LogP contribution in [0.3, 0.4) is 0 Å². The number of nitrogens with one attached hydrogen (secondary N) is 1. The van der Waals surface area contributed by atoms with E-state index in [-0.39, 0.29) is 5.69 Å². The topological polar surface area (TPSA) is 53.9 Å². The number of anilines is 2. The van der Waals surface area contributed by atoms with E-state index in [4.69, 9.17) is 16.4 Å². The Morgan fingerprint density at radius 1 is 1.22 bits per heavy atom. The third-order valence-electron chi connectivity index (χ3n) is 3.44. The number of nitrogens with zero attached hydrogens (tertiary/aromatic N) is 2. The van der Waals surface area contributed by atoms with Gasteiger partial charge in [0.15, 0.2) is 6.61 Å². The number of halogens is 4. The number of amides is 1. The highest BCUT2D eigenvalue weighted by molar-refractivity contribution is 6.31. The van der Waals surface area contributed by atoms with E-state index >= 15 is 0 Å². The molecule has 0 atom stereocenters. The standard InChI is InChI=1S/C18H17ClF3N3O2/c1-25(2)14-6-3-12(4-7-14)10-23-27-11-17(26)24-13-5-8-16(19)15(9-13)18(20,21)22/h3-10H,11H2,1-2H3,(H,24,26)/b23-10+. The smallest absolute Gasteiger partial charge is 0.386 e. The monoisotopic (exact) mass is 399 g/mol. The van der Waals surface area contributed by atoms with Crippen molar-refractivity contribution >= 4 is 35.1 Å². The number of hydrogen-bond acceptors (Lipinski definition) is 4. The summed E-state index contributed by atoms with van der Waals surface area (Å²) in [5.41, 5.74) is 0.729. The molecule has 0 bridgehead atoms. The van der Waals surface area contributed by atoms with Crippen LogP contribution in [0.5, 0.6) is 0 Å². The van der Waals surface area contributed by atoms with Crippen molar-refractivity contribution in [2.75, 3.05) is 30.9 Å². The zero-order chi connectivity index (χ0) is 20.0. The molecule has 9 heteroatoms. The summed E-state index contributed by atoms with van der Waals surface area (Å²) in [6.07, 6.45) is -3.18. The Morgan fingerprint density at radius 2 is 1.89 bits per heavy atom. The molecule has 0 aliphatic rings. The van der Waals surface area contributed by atoms with E-state index in [1.54, 1.807) is 0 Å². The lowest BCUT2D eigenvalue weighted by Crippen LogP contribution is -2.17. The fraction of sp³-hybridized carbons (Fsp3) is 0.222. The van der Waals surface area contributed by atoms with E-state index in [0.717, 1.165) is 23.4 Å². The van der Waals surface area contributed by atoms with Crippen molar-refractivity contribution in [1.82, 2.24) is 0 Å². The summed E-state index contributed by atoms with van der Waals surface area (Å²) in [4.78, 5) is 18.6. The van der Waals surface area contributed by atoms with Gasteiger partial charge in [0.25, 0.3) is 5.91 Å². The minimum absolute atomic E-state index is 0.0384. The molecule has 0 aliphatic carbocycles. The van der Waals surface area contributed by atoms with Crippen LogP contribution in [0.15, 0.2) is 47.6 Å². The molecule has 0 fully saturated rings. The predicted octanol–water partition coefficient (Wildman–Crippen LogP) is 4.41. The van der Waals surface area contributed by atoms with Gasteiger partial charge in [0.2, 0.25) is 0 Å². The lowest BCUT2D eigenvalue weighted by molar-refractivity contribution is -0.137. The first kappa shape index (κ1) is 20.6. The Labute approximate surface area is 159 Å². The third-order valence-corrected chi connectivity index (χ3v) is 3.77. The fourth-order valence-electron chi connectivity index (χ4n) is 2.07.